The van der Waals surface area contributed by atoms with E-state index in [0.717, 1.165) is 36.6 Å². The van der Waals surface area contributed by atoms with Gasteiger partial charge in [0.25, 0.3) is 0 Å². The van der Waals surface area contributed by atoms with Crippen LogP contribution in [0, 0.1) is 0 Å². The Hall–Kier alpha value is -0.650. The highest BCUT2D eigenvalue weighted by atomic mass is 35.5. The first-order valence-electron chi connectivity index (χ1n) is 7.05. The predicted octanol–water partition coefficient (Wildman–Crippen LogP) is 1.99. The van der Waals surface area contributed by atoms with Crippen molar-refractivity contribution in [3.05, 3.63) is 34.9 Å². The van der Waals surface area contributed by atoms with Gasteiger partial charge in [0.15, 0.2) is 0 Å². The van der Waals surface area contributed by atoms with Crippen LogP contribution < -0.4 is 5.32 Å². The molecule has 1 aliphatic heterocycles. The third-order valence-electron chi connectivity index (χ3n) is 3.36. The molecule has 1 aliphatic rings. The lowest BCUT2D eigenvalue weighted by Gasteiger charge is -2.24. The van der Waals surface area contributed by atoms with Gasteiger partial charge in [0.2, 0.25) is 0 Å². The zero-order valence-electron chi connectivity index (χ0n) is 11.6. The van der Waals surface area contributed by atoms with Crippen LogP contribution in [0.5, 0.6) is 0 Å². The molecule has 0 aliphatic carbocycles. The van der Waals surface area contributed by atoms with Crippen LogP contribution in [0.1, 0.15) is 18.4 Å². The van der Waals surface area contributed by atoms with Crippen molar-refractivity contribution in [2.24, 2.45) is 0 Å². The fourth-order valence-corrected chi connectivity index (χ4v) is 2.28. The molecule has 112 valence electrons. The van der Waals surface area contributed by atoms with Crippen molar-refractivity contribution in [2.75, 3.05) is 26.4 Å². The third-order valence-corrected chi connectivity index (χ3v) is 3.61. The van der Waals surface area contributed by atoms with E-state index in [-0.39, 0.29) is 0 Å². The summed E-state index contributed by atoms with van der Waals surface area (Å²) >= 11 is 5.81. The van der Waals surface area contributed by atoms with Crippen LogP contribution >= 0.6 is 11.6 Å². The van der Waals surface area contributed by atoms with Crippen LogP contribution in [-0.2, 0) is 16.1 Å². The Balaban J connectivity index is 1.57. The molecule has 1 heterocycles. The standard InChI is InChI=1S/C15H22ClNO3/c16-13-3-1-12(2-4-13)10-20-11-15(18)9-17-14-5-7-19-8-6-14/h1-4,14-15,17-18H,5-11H2. The first-order valence-corrected chi connectivity index (χ1v) is 7.43. The highest BCUT2D eigenvalue weighted by Gasteiger charge is 2.14. The average molecular weight is 300 g/mol. The van der Waals surface area contributed by atoms with Crippen molar-refractivity contribution >= 4 is 11.6 Å². The van der Waals surface area contributed by atoms with Gasteiger partial charge in [-0.2, -0.15) is 0 Å². The van der Waals surface area contributed by atoms with Gasteiger partial charge >= 0.3 is 0 Å². The zero-order chi connectivity index (χ0) is 14.2. The van der Waals surface area contributed by atoms with Gasteiger partial charge in [-0.25, -0.2) is 0 Å². The van der Waals surface area contributed by atoms with Crippen molar-refractivity contribution < 1.29 is 14.6 Å². The van der Waals surface area contributed by atoms with Crippen molar-refractivity contribution in [3.8, 4) is 0 Å². The maximum absolute atomic E-state index is 9.86. The Kier molecular flexibility index (Phi) is 6.76. The first-order chi connectivity index (χ1) is 9.74. The van der Waals surface area contributed by atoms with Crippen LogP contribution in [-0.4, -0.2) is 43.6 Å². The topological polar surface area (TPSA) is 50.7 Å². The third kappa shape index (κ3) is 5.77. The molecule has 1 saturated heterocycles. The second kappa shape index (κ2) is 8.60. The predicted molar refractivity (Wildman–Crippen MR) is 79.0 cm³/mol. The van der Waals surface area contributed by atoms with Gasteiger partial charge in [-0.3, -0.25) is 0 Å². The molecule has 0 amide bonds. The number of rotatable bonds is 7. The minimum atomic E-state index is -0.481. The lowest BCUT2D eigenvalue weighted by molar-refractivity contribution is 0.0229. The maximum atomic E-state index is 9.86. The summed E-state index contributed by atoms with van der Waals surface area (Å²) < 4.78 is 10.8. The first kappa shape index (κ1) is 15.7. The summed E-state index contributed by atoms with van der Waals surface area (Å²) in [7, 11) is 0. The van der Waals surface area contributed by atoms with Gasteiger partial charge in [-0.1, -0.05) is 23.7 Å². The number of ether oxygens (including phenoxy) is 2. The SMILES string of the molecule is OC(CNC1CCOCC1)COCc1ccc(Cl)cc1. The molecule has 2 N–H and O–H groups in total. The highest BCUT2D eigenvalue weighted by molar-refractivity contribution is 6.30. The molecule has 0 spiro atoms. The molecule has 2 rings (SSSR count). The molecule has 0 aromatic heterocycles. The Bertz CT molecular complexity index is 379. The number of aliphatic hydroxyl groups excluding tert-OH is 1. The summed E-state index contributed by atoms with van der Waals surface area (Å²) in [6, 6.07) is 7.98. The van der Waals surface area contributed by atoms with Gasteiger partial charge in [0.05, 0.1) is 19.3 Å². The van der Waals surface area contributed by atoms with E-state index in [9.17, 15) is 5.11 Å². The van der Waals surface area contributed by atoms with Crippen LogP contribution in [0.4, 0.5) is 0 Å². The van der Waals surface area contributed by atoms with Crippen LogP contribution in [0.25, 0.3) is 0 Å². The minimum Gasteiger partial charge on any atom is -0.389 e. The lowest BCUT2D eigenvalue weighted by atomic mass is 10.1. The normalized spacial score (nSPS) is 18.1. The molecular weight excluding hydrogens is 278 g/mol. The van der Waals surface area contributed by atoms with Crippen LogP contribution in [0.15, 0.2) is 24.3 Å². The number of nitrogens with one attached hydrogen (secondary N) is 1. The molecule has 0 radical (unpaired) electrons. The summed E-state index contributed by atoms with van der Waals surface area (Å²) in [5.74, 6) is 0. The summed E-state index contributed by atoms with van der Waals surface area (Å²) in [5.41, 5.74) is 1.05. The molecule has 1 aromatic carbocycles. The van der Waals surface area contributed by atoms with Crippen LogP contribution in [0.3, 0.4) is 0 Å². The molecule has 0 saturated carbocycles. The van der Waals surface area contributed by atoms with E-state index in [1.807, 2.05) is 24.3 Å². The Morgan fingerprint density at radius 1 is 1.30 bits per heavy atom. The second-order valence-electron chi connectivity index (χ2n) is 5.09. The summed E-state index contributed by atoms with van der Waals surface area (Å²) in [6.45, 7) is 3.00. The van der Waals surface area contributed by atoms with Crippen molar-refractivity contribution in [3.63, 3.8) is 0 Å². The summed E-state index contributed by atoms with van der Waals surface area (Å²) in [5, 5.41) is 13.9. The van der Waals surface area contributed by atoms with Gasteiger partial charge in [0, 0.05) is 30.8 Å². The summed E-state index contributed by atoms with van der Waals surface area (Å²) in [4.78, 5) is 0. The Labute approximate surface area is 125 Å². The van der Waals surface area contributed by atoms with E-state index in [4.69, 9.17) is 21.1 Å². The number of hydrogen-bond acceptors (Lipinski definition) is 4. The number of aliphatic hydroxyl groups is 1. The van der Waals surface area contributed by atoms with E-state index >= 15 is 0 Å². The van der Waals surface area contributed by atoms with Crippen molar-refractivity contribution in [1.82, 2.24) is 5.32 Å². The quantitative estimate of drug-likeness (QED) is 0.808. The summed E-state index contributed by atoms with van der Waals surface area (Å²) in [6.07, 6.45) is 1.54. The molecular formula is C15H22ClNO3. The molecule has 1 fully saturated rings. The average Bonchev–Trinajstić information content (AvgIpc) is 2.48. The monoisotopic (exact) mass is 299 g/mol. The maximum Gasteiger partial charge on any atom is 0.0897 e. The van der Waals surface area contributed by atoms with Gasteiger partial charge in [-0.05, 0) is 30.5 Å². The smallest absolute Gasteiger partial charge is 0.0897 e. The zero-order valence-corrected chi connectivity index (χ0v) is 12.3. The molecule has 0 bridgehead atoms. The van der Waals surface area contributed by atoms with E-state index in [0.29, 0.717) is 25.8 Å². The van der Waals surface area contributed by atoms with Gasteiger partial charge < -0.3 is 19.9 Å². The molecule has 4 nitrogen and oxygen atoms in total. The van der Waals surface area contributed by atoms with Crippen molar-refractivity contribution in [1.29, 1.82) is 0 Å². The fourth-order valence-electron chi connectivity index (χ4n) is 2.16. The van der Waals surface area contributed by atoms with E-state index in [2.05, 4.69) is 5.32 Å². The Morgan fingerprint density at radius 2 is 2.00 bits per heavy atom. The van der Waals surface area contributed by atoms with E-state index < -0.39 is 6.10 Å². The fraction of sp³-hybridized carbons (Fsp3) is 0.600. The number of benzene rings is 1. The molecule has 1 atom stereocenters. The minimum absolute atomic E-state index is 0.332. The highest BCUT2D eigenvalue weighted by Crippen LogP contribution is 2.10. The van der Waals surface area contributed by atoms with Gasteiger partial charge in [-0.15, -0.1) is 0 Å². The lowest BCUT2D eigenvalue weighted by Crippen LogP contribution is -2.40. The number of halogens is 1. The number of hydrogen-bond donors (Lipinski definition) is 2. The Morgan fingerprint density at radius 3 is 2.70 bits per heavy atom. The van der Waals surface area contributed by atoms with E-state index in [1.165, 1.54) is 0 Å². The van der Waals surface area contributed by atoms with E-state index in [1.54, 1.807) is 0 Å². The second-order valence-corrected chi connectivity index (χ2v) is 5.53. The molecule has 1 aromatic rings. The van der Waals surface area contributed by atoms with Crippen molar-refractivity contribution in [2.45, 2.75) is 31.6 Å². The molecule has 5 heteroatoms. The molecule has 20 heavy (non-hydrogen) atoms. The van der Waals surface area contributed by atoms with Crippen LogP contribution in [0.2, 0.25) is 5.02 Å². The van der Waals surface area contributed by atoms with Gasteiger partial charge in [0.1, 0.15) is 0 Å². The largest absolute Gasteiger partial charge is 0.389 e. The molecule has 1 unspecified atom stereocenters.